The van der Waals surface area contributed by atoms with Crippen molar-refractivity contribution in [3.63, 3.8) is 0 Å². The van der Waals surface area contributed by atoms with Gasteiger partial charge >= 0.3 is 0 Å². The van der Waals surface area contributed by atoms with E-state index in [1.54, 1.807) is 11.8 Å². The molecular weight excluding hydrogens is 415 g/mol. The first-order chi connectivity index (χ1) is 12.8. The van der Waals surface area contributed by atoms with Crippen molar-refractivity contribution in [3.05, 3.63) is 46.1 Å². The van der Waals surface area contributed by atoms with Crippen LogP contribution in [-0.4, -0.2) is 53.1 Å². The molecule has 0 N–H and O–H groups in total. The Labute approximate surface area is 166 Å². The maximum absolute atomic E-state index is 13.2. The SMILES string of the molecule is Cc1cc(N2CCN(C(=O)C(C)Oc3ccc(F)cc3Br)CC2)nc(C)n1. The summed E-state index contributed by atoms with van der Waals surface area (Å²) in [5, 5.41) is 0. The summed E-state index contributed by atoms with van der Waals surface area (Å²) in [6.07, 6.45) is -0.651. The zero-order valence-electron chi connectivity index (χ0n) is 15.6. The molecule has 1 aliphatic rings. The quantitative estimate of drug-likeness (QED) is 0.736. The number of amides is 1. The van der Waals surface area contributed by atoms with Crippen molar-refractivity contribution in [2.45, 2.75) is 26.9 Å². The topological polar surface area (TPSA) is 58.6 Å². The summed E-state index contributed by atoms with van der Waals surface area (Å²) in [5.74, 6) is 1.64. The van der Waals surface area contributed by atoms with E-state index in [1.807, 2.05) is 19.9 Å². The van der Waals surface area contributed by atoms with Gasteiger partial charge in [-0.1, -0.05) is 0 Å². The summed E-state index contributed by atoms with van der Waals surface area (Å²) in [6.45, 7) is 8.14. The van der Waals surface area contributed by atoms with Crippen LogP contribution in [0.2, 0.25) is 0 Å². The Kier molecular flexibility index (Phi) is 5.94. The second kappa shape index (κ2) is 8.21. The van der Waals surface area contributed by atoms with E-state index in [1.165, 1.54) is 18.2 Å². The lowest BCUT2D eigenvalue weighted by Gasteiger charge is -2.36. The van der Waals surface area contributed by atoms with Crippen LogP contribution in [-0.2, 0) is 4.79 Å². The zero-order valence-corrected chi connectivity index (χ0v) is 17.2. The van der Waals surface area contributed by atoms with Crippen LogP contribution < -0.4 is 9.64 Å². The van der Waals surface area contributed by atoms with Crippen LogP contribution in [0.1, 0.15) is 18.4 Å². The minimum Gasteiger partial charge on any atom is -0.480 e. The molecule has 1 amide bonds. The normalized spacial score (nSPS) is 15.6. The molecule has 1 saturated heterocycles. The highest BCUT2D eigenvalue weighted by molar-refractivity contribution is 9.10. The number of carbonyl (C=O) groups excluding carboxylic acids is 1. The van der Waals surface area contributed by atoms with Crippen LogP contribution in [0, 0.1) is 19.7 Å². The number of hydrogen-bond donors (Lipinski definition) is 0. The first kappa shape index (κ1) is 19.5. The third-order valence-corrected chi connectivity index (χ3v) is 5.03. The van der Waals surface area contributed by atoms with Crippen LogP contribution in [0.3, 0.4) is 0 Å². The first-order valence-electron chi connectivity index (χ1n) is 8.81. The minimum absolute atomic E-state index is 0.0825. The second-order valence-electron chi connectivity index (χ2n) is 6.56. The number of anilines is 1. The molecule has 1 aromatic heterocycles. The van der Waals surface area contributed by atoms with E-state index >= 15 is 0 Å². The fourth-order valence-corrected chi connectivity index (χ4v) is 3.53. The van der Waals surface area contributed by atoms with Crippen LogP contribution in [0.4, 0.5) is 10.2 Å². The van der Waals surface area contributed by atoms with Crippen molar-refractivity contribution in [1.29, 1.82) is 0 Å². The fourth-order valence-electron chi connectivity index (χ4n) is 3.08. The largest absolute Gasteiger partial charge is 0.480 e. The predicted molar refractivity (Wildman–Crippen MR) is 104 cm³/mol. The summed E-state index contributed by atoms with van der Waals surface area (Å²) in [5.41, 5.74) is 0.933. The van der Waals surface area contributed by atoms with E-state index in [9.17, 15) is 9.18 Å². The summed E-state index contributed by atoms with van der Waals surface area (Å²) < 4.78 is 19.4. The lowest BCUT2D eigenvalue weighted by molar-refractivity contribution is -0.138. The average Bonchev–Trinajstić information content (AvgIpc) is 2.62. The molecule has 27 heavy (non-hydrogen) atoms. The van der Waals surface area contributed by atoms with E-state index in [2.05, 4.69) is 30.8 Å². The molecule has 2 aromatic rings. The molecule has 144 valence electrons. The van der Waals surface area contributed by atoms with Gasteiger partial charge in [0.2, 0.25) is 0 Å². The predicted octanol–water partition coefficient (Wildman–Crippen LogP) is 3.11. The van der Waals surface area contributed by atoms with E-state index in [0.717, 1.165) is 17.3 Å². The average molecular weight is 437 g/mol. The van der Waals surface area contributed by atoms with Crippen molar-refractivity contribution in [3.8, 4) is 5.75 Å². The van der Waals surface area contributed by atoms with E-state index in [4.69, 9.17) is 4.74 Å². The van der Waals surface area contributed by atoms with Crippen LogP contribution in [0.25, 0.3) is 0 Å². The number of ether oxygens (including phenoxy) is 1. The maximum atomic E-state index is 13.2. The molecule has 0 aliphatic carbocycles. The number of benzene rings is 1. The lowest BCUT2D eigenvalue weighted by atomic mass is 10.2. The molecule has 1 fully saturated rings. The second-order valence-corrected chi connectivity index (χ2v) is 7.42. The van der Waals surface area contributed by atoms with Crippen molar-refractivity contribution >= 4 is 27.7 Å². The van der Waals surface area contributed by atoms with Gasteiger partial charge in [-0.25, -0.2) is 14.4 Å². The number of halogens is 2. The van der Waals surface area contributed by atoms with Crippen molar-refractivity contribution in [2.75, 3.05) is 31.1 Å². The highest BCUT2D eigenvalue weighted by Crippen LogP contribution is 2.27. The third-order valence-electron chi connectivity index (χ3n) is 4.41. The summed E-state index contributed by atoms with van der Waals surface area (Å²) >= 11 is 3.26. The highest BCUT2D eigenvalue weighted by atomic mass is 79.9. The van der Waals surface area contributed by atoms with Gasteiger partial charge in [-0.3, -0.25) is 4.79 Å². The molecule has 6 nitrogen and oxygen atoms in total. The fraction of sp³-hybridized carbons (Fsp3) is 0.421. The number of hydrogen-bond acceptors (Lipinski definition) is 5. The number of aryl methyl sites for hydroxylation is 2. The molecular formula is C19H22BrFN4O2. The van der Waals surface area contributed by atoms with Gasteiger partial charge in [0.15, 0.2) is 6.10 Å². The Bertz CT molecular complexity index is 820. The van der Waals surface area contributed by atoms with Crippen molar-refractivity contribution in [1.82, 2.24) is 14.9 Å². The Balaban J connectivity index is 1.59. The molecule has 0 bridgehead atoms. The number of nitrogens with zero attached hydrogens (tertiary/aromatic N) is 4. The Morgan fingerprint density at radius 3 is 2.52 bits per heavy atom. The Hall–Kier alpha value is -2.22. The lowest BCUT2D eigenvalue weighted by Crippen LogP contribution is -2.52. The van der Waals surface area contributed by atoms with E-state index in [-0.39, 0.29) is 11.7 Å². The van der Waals surface area contributed by atoms with Gasteiger partial charge in [0.25, 0.3) is 5.91 Å². The molecule has 0 spiro atoms. The molecule has 1 aromatic carbocycles. The first-order valence-corrected chi connectivity index (χ1v) is 9.60. The summed E-state index contributed by atoms with van der Waals surface area (Å²) in [7, 11) is 0. The highest BCUT2D eigenvalue weighted by Gasteiger charge is 2.27. The summed E-state index contributed by atoms with van der Waals surface area (Å²) in [4.78, 5) is 25.4. The molecule has 1 aliphatic heterocycles. The monoisotopic (exact) mass is 436 g/mol. The smallest absolute Gasteiger partial charge is 0.263 e. The molecule has 2 heterocycles. The number of carbonyl (C=O) groups is 1. The number of aromatic nitrogens is 2. The number of piperazine rings is 1. The van der Waals surface area contributed by atoms with Crippen molar-refractivity contribution < 1.29 is 13.9 Å². The van der Waals surface area contributed by atoms with Crippen molar-refractivity contribution in [2.24, 2.45) is 0 Å². The van der Waals surface area contributed by atoms with Gasteiger partial charge in [-0.2, -0.15) is 0 Å². The Morgan fingerprint density at radius 2 is 1.89 bits per heavy atom. The molecule has 3 rings (SSSR count). The minimum atomic E-state index is -0.651. The van der Waals surface area contributed by atoms with Gasteiger partial charge < -0.3 is 14.5 Å². The number of rotatable bonds is 4. The Morgan fingerprint density at radius 1 is 1.19 bits per heavy atom. The van der Waals surface area contributed by atoms with Crippen LogP contribution in [0.15, 0.2) is 28.7 Å². The van der Waals surface area contributed by atoms with Gasteiger partial charge in [0.1, 0.15) is 23.2 Å². The molecule has 0 radical (unpaired) electrons. The zero-order chi connectivity index (χ0) is 19.6. The standard InChI is InChI=1S/C19H22BrFN4O2/c1-12-10-18(23-14(3)22-12)24-6-8-25(9-7-24)19(26)13(2)27-17-5-4-15(21)11-16(17)20/h4-5,10-11,13H,6-9H2,1-3H3. The molecule has 1 atom stereocenters. The van der Waals surface area contributed by atoms with Gasteiger partial charge in [-0.05, 0) is 54.9 Å². The van der Waals surface area contributed by atoms with Gasteiger partial charge in [0, 0.05) is 37.9 Å². The summed E-state index contributed by atoms with van der Waals surface area (Å²) in [6, 6.07) is 6.10. The van der Waals surface area contributed by atoms with Gasteiger partial charge in [-0.15, -0.1) is 0 Å². The molecule has 0 saturated carbocycles. The van der Waals surface area contributed by atoms with E-state index < -0.39 is 6.10 Å². The maximum Gasteiger partial charge on any atom is 0.263 e. The van der Waals surface area contributed by atoms with Gasteiger partial charge in [0.05, 0.1) is 4.47 Å². The van der Waals surface area contributed by atoms with Crippen LogP contribution >= 0.6 is 15.9 Å². The van der Waals surface area contributed by atoms with E-state index in [0.29, 0.717) is 36.4 Å². The van der Waals surface area contributed by atoms with Crippen LogP contribution in [0.5, 0.6) is 5.75 Å². The third kappa shape index (κ3) is 4.74. The molecule has 1 unspecified atom stereocenters. The molecule has 8 heteroatoms.